The second-order valence-electron chi connectivity index (χ2n) is 20.1. The molecular formula is C45H81N9O9. The topological polar surface area (TPSA) is 190 Å². The van der Waals surface area contributed by atoms with Crippen LogP contribution in [0.15, 0.2) is 14.4 Å². The third kappa shape index (κ3) is 18.2. The van der Waals surface area contributed by atoms with Crippen molar-refractivity contribution in [3.63, 3.8) is 0 Å². The highest BCUT2D eigenvalue weighted by molar-refractivity contribution is 5.68. The average Bonchev–Trinajstić information content (AvgIpc) is 4.16. The normalized spacial score (nSPS) is 21.7. The molecule has 4 rings (SSSR count). The van der Waals surface area contributed by atoms with Crippen molar-refractivity contribution in [1.29, 1.82) is 0 Å². The van der Waals surface area contributed by atoms with E-state index in [-0.39, 0.29) is 25.2 Å². The maximum absolute atomic E-state index is 13.6. The number of unbranched alkanes of at least 4 members (excludes halogenated alkanes) is 9. The van der Waals surface area contributed by atoms with Gasteiger partial charge >= 0.3 is 35.3 Å². The molecule has 4 heterocycles. The molecule has 0 aromatic carbocycles. The first-order chi connectivity index (χ1) is 29.7. The molecule has 0 bridgehead atoms. The smallest absolute Gasteiger partial charge is 0.407 e. The van der Waals surface area contributed by atoms with Gasteiger partial charge in [0.25, 0.3) is 0 Å². The third-order valence-corrected chi connectivity index (χ3v) is 12.2. The minimum absolute atomic E-state index is 0.183. The van der Waals surface area contributed by atoms with Crippen molar-refractivity contribution in [2.45, 2.75) is 194 Å². The number of nitrogens with zero attached hydrogens (tertiary/aromatic N) is 6. The molecule has 360 valence electrons. The molecule has 3 saturated heterocycles. The Morgan fingerprint density at radius 3 is 1.14 bits per heavy atom. The Labute approximate surface area is 374 Å². The number of carbonyl (C=O) groups is 3. The SMILES string of the molecule is CC1CN1CC(C)(C)OC(=O)NCCCCCCn1c(=O)n(CCCCCCNC(=O)OCC(C)(C)N2CC2C)c(=O)n(CCCCCCNC(=O)OC(C)(C)CN2CC2C)c1=O. The minimum Gasteiger partial charge on any atom is -0.448 e. The summed E-state index contributed by atoms with van der Waals surface area (Å²) in [5.74, 6) is 0. The Hall–Kier alpha value is -3.90. The van der Waals surface area contributed by atoms with Gasteiger partial charge in [-0.3, -0.25) is 14.7 Å². The molecule has 18 heteroatoms. The highest BCUT2D eigenvalue weighted by Gasteiger charge is 2.42. The van der Waals surface area contributed by atoms with Gasteiger partial charge in [0.15, 0.2) is 0 Å². The van der Waals surface area contributed by atoms with Crippen molar-refractivity contribution >= 4 is 18.3 Å². The van der Waals surface area contributed by atoms with Crippen molar-refractivity contribution in [1.82, 2.24) is 44.4 Å². The molecule has 0 radical (unpaired) electrons. The molecule has 1 aromatic rings. The van der Waals surface area contributed by atoms with Crippen LogP contribution in [0.1, 0.15) is 139 Å². The molecule has 0 saturated carbocycles. The average molecular weight is 892 g/mol. The van der Waals surface area contributed by atoms with Gasteiger partial charge in [0.2, 0.25) is 0 Å². The summed E-state index contributed by atoms with van der Waals surface area (Å²) in [7, 11) is 0. The Kier molecular flexibility index (Phi) is 19.6. The lowest BCUT2D eigenvalue weighted by Gasteiger charge is -2.26. The van der Waals surface area contributed by atoms with Gasteiger partial charge in [-0.15, -0.1) is 0 Å². The van der Waals surface area contributed by atoms with Crippen molar-refractivity contribution < 1.29 is 28.6 Å². The fraction of sp³-hybridized carbons (Fsp3) is 0.867. The fourth-order valence-corrected chi connectivity index (χ4v) is 8.17. The Bertz CT molecular complexity index is 1730. The minimum atomic E-state index is -0.598. The zero-order valence-electron chi connectivity index (χ0n) is 40.1. The lowest BCUT2D eigenvalue weighted by molar-refractivity contribution is 0.0271. The molecule has 3 aliphatic rings. The molecule has 18 nitrogen and oxygen atoms in total. The van der Waals surface area contributed by atoms with Crippen LogP contribution in [0.25, 0.3) is 0 Å². The predicted octanol–water partition coefficient (Wildman–Crippen LogP) is 4.48. The number of ether oxygens (including phenoxy) is 3. The van der Waals surface area contributed by atoms with Gasteiger partial charge in [0.1, 0.15) is 17.8 Å². The monoisotopic (exact) mass is 892 g/mol. The van der Waals surface area contributed by atoms with E-state index in [0.717, 1.165) is 77.4 Å². The second-order valence-corrected chi connectivity index (χ2v) is 20.1. The zero-order chi connectivity index (χ0) is 46.4. The largest absolute Gasteiger partial charge is 0.448 e. The van der Waals surface area contributed by atoms with E-state index >= 15 is 0 Å². The molecule has 0 aliphatic carbocycles. The first kappa shape index (κ1) is 51.7. The van der Waals surface area contributed by atoms with Crippen LogP contribution < -0.4 is 33.0 Å². The Morgan fingerprint density at radius 1 is 0.508 bits per heavy atom. The summed E-state index contributed by atoms with van der Waals surface area (Å²) < 4.78 is 20.2. The molecule has 0 spiro atoms. The van der Waals surface area contributed by atoms with Crippen LogP contribution >= 0.6 is 0 Å². The molecule has 1 aromatic heterocycles. The van der Waals surface area contributed by atoms with Gasteiger partial charge in [-0.1, -0.05) is 38.5 Å². The van der Waals surface area contributed by atoms with Gasteiger partial charge in [0.05, 0.1) is 0 Å². The van der Waals surface area contributed by atoms with E-state index in [2.05, 4.69) is 65.3 Å². The van der Waals surface area contributed by atoms with Gasteiger partial charge in [0, 0.05) is 95.7 Å². The Morgan fingerprint density at radius 2 is 0.825 bits per heavy atom. The summed E-state index contributed by atoms with van der Waals surface area (Å²) >= 11 is 0. The molecule has 3 N–H and O–H groups in total. The highest BCUT2D eigenvalue weighted by atomic mass is 16.6. The van der Waals surface area contributed by atoms with E-state index in [4.69, 9.17) is 14.2 Å². The number of alkyl carbamates (subject to hydrolysis) is 3. The second kappa shape index (κ2) is 23.9. The number of nitrogens with one attached hydrogen (secondary N) is 3. The maximum atomic E-state index is 13.6. The lowest BCUT2D eigenvalue weighted by Crippen LogP contribution is -2.54. The van der Waals surface area contributed by atoms with E-state index in [1.807, 2.05) is 27.7 Å². The number of hydrogen-bond acceptors (Lipinski definition) is 12. The maximum Gasteiger partial charge on any atom is 0.407 e. The van der Waals surface area contributed by atoms with Gasteiger partial charge < -0.3 is 30.2 Å². The van der Waals surface area contributed by atoms with E-state index in [1.165, 1.54) is 13.7 Å². The number of rotatable bonds is 30. The summed E-state index contributed by atoms with van der Waals surface area (Å²) in [6.07, 6.45) is 7.07. The first-order valence-corrected chi connectivity index (χ1v) is 23.7. The van der Waals surface area contributed by atoms with E-state index in [0.29, 0.717) is 76.7 Å². The highest BCUT2D eigenvalue weighted by Crippen LogP contribution is 2.29. The van der Waals surface area contributed by atoms with Crippen molar-refractivity contribution in [3.05, 3.63) is 31.5 Å². The quantitative estimate of drug-likeness (QED) is 0.0559. The number of aromatic nitrogens is 3. The fourth-order valence-electron chi connectivity index (χ4n) is 8.17. The van der Waals surface area contributed by atoms with Gasteiger partial charge in [-0.05, 0) is 101 Å². The molecule has 6 atom stereocenters. The number of hydrogen-bond donors (Lipinski definition) is 3. The van der Waals surface area contributed by atoms with Gasteiger partial charge in [-0.2, -0.15) is 0 Å². The van der Waals surface area contributed by atoms with Crippen LogP contribution in [0.5, 0.6) is 0 Å². The first-order valence-electron chi connectivity index (χ1n) is 23.7. The summed E-state index contributed by atoms with van der Waals surface area (Å²) in [6, 6.07) is 1.57. The molecule has 6 unspecified atom stereocenters. The molecule has 3 amide bonds. The molecular weight excluding hydrogens is 811 g/mol. The van der Waals surface area contributed by atoms with Crippen LogP contribution in [-0.4, -0.2) is 141 Å². The summed E-state index contributed by atoms with van der Waals surface area (Å²) in [6.45, 7) is 24.9. The predicted molar refractivity (Wildman–Crippen MR) is 243 cm³/mol. The van der Waals surface area contributed by atoms with E-state index in [9.17, 15) is 28.8 Å². The zero-order valence-corrected chi connectivity index (χ0v) is 40.1. The van der Waals surface area contributed by atoms with Crippen LogP contribution in [-0.2, 0) is 33.8 Å². The molecule has 3 fully saturated rings. The van der Waals surface area contributed by atoms with Crippen LogP contribution in [0.3, 0.4) is 0 Å². The summed E-state index contributed by atoms with van der Waals surface area (Å²) in [4.78, 5) is 84.7. The summed E-state index contributed by atoms with van der Waals surface area (Å²) in [5, 5.41) is 8.47. The number of carbonyl (C=O) groups excluding carboxylic acids is 3. The Balaban J connectivity index is 1.21. The van der Waals surface area contributed by atoms with Crippen LogP contribution in [0.2, 0.25) is 0 Å². The van der Waals surface area contributed by atoms with Crippen LogP contribution in [0, 0.1) is 0 Å². The third-order valence-electron chi connectivity index (χ3n) is 12.2. The number of amides is 3. The van der Waals surface area contributed by atoms with Crippen molar-refractivity contribution in [3.8, 4) is 0 Å². The van der Waals surface area contributed by atoms with Gasteiger partial charge in [-0.25, -0.2) is 42.5 Å². The lowest BCUT2D eigenvalue weighted by atomic mass is 10.1. The standard InChI is InChI=1S/C45H81N9O9/c1-34-28-49(34)31-44(6,7)62-38(56)47-23-17-11-14-20-26-52-40(58)51(25-19-13-10-16-22-46-37(55)61-33-43(4,5)54-30-36(54)3)41(59)53(42(52)60)27-21-15-12-18-24-48-39(57)63-45(8,9)32-50-29-35(50)2/h34-36H,10-33H2,1-9H3,(H,46,55)(H,47,56)(H,48,57). The molecule has 3 aliphatic heterocycles. The van der Waals surface area contributed by atoms with Crippen molar-refractivity contribution in [2.24, 2.45) is 0 Å². The van der Waals surface area contributed by atoms with E-state index < -0.39 is 46.6 Å². The summed E-state index contributed by atoms with van der Waals surface area (Å²) in [5.41, 5.74) is -3.15. The molecule has 63 heavy (non-hydrogen) atoms. The van der Waals surface area contributed by atoms with Crippen LogP contribution in [0.4, 0.5) is 14.4 Å². The van der Waals surface area contributed by atoms with Crippen molar-refractivity contribution in [2.75, 3.05) is 59.0 Å². The van der Waals surface area contributed by atoms with E-state index in [1.54, 1.807) is 0 Å².